The largest absolute Gasteiger partial charge is 0.445 e. The molecule has 0 fully saturated rings. The Labute approximate surface area is 74.6 Å². The van der Waals surface area contributed by atoms with Gasteiger partial charge in [-0.05, 0) is 12.1 Å². The summed E-state index contributed by atoms with van der Waals surface area (Å²) < 4.78 is 5.10. The van der Waals surface area contributed by atoms with Crippen molar-refractivity contribution >= 4 is 17.0 Å². The van der Waals surface area contributed by atoms with E-state index in [1.54, 1.807) is 25.4 Å². The third-order valence-corrected chi connectivity index (χ3v) is 1.82. The molecular formula is C9H8N2O2. The first kappa shape index (κ1) is 7.79. The smallest absolute Gasteiger partial charge is 0.254 e. The molecule has 2 heterocycles. The summed E-state index contributed by atoms with van der Waals surface area (Å²) in [6.07, 6.45) is 3.04. The summed E-state index contributed by atoms with van der Waals surface area (Å²) in [7, 11) is 1.58. The summed E-state index contributed by atoms with van der Waals surface area (Å²) in [5.74, 6) is -0.160. The van der Waals surface area contributed by atoms with Crippen LogP contribution in [-0.4, -0.2) is 17.9 Å². The molecule has 0 spiro atoms. The number of aromatic nitrogens is 1. The molecule has 1 N–H and O–H groups in total. The number of nitrogens with one attached hydrogen (secondary N) is 1. The Morgan fingerprint density at radius 1 is 1.62 bits per heavy atom. The summed E-state index contributed by atoms with van der Waals surface area (Å²) in [6, 6.07) is 3.57. The molecule has 13 heavy (non-hydrogen) atoms. The van der Waals surface area contributed by atoms with E-state index in [9.17, 15) is 4.79 Å². The highest BCUT2D eigenvalue weighted by atomic mass is 16.3. The van der Waals surface area contributed by atoms with E-state index in [2.05, 4.69) is 10.3 Å². The van der Waals surface area contributed by atoms with E-state index in [4.69, 9.17) is 4.42 Å². The lowest BCUT2D eigenvalue weighted by Crippen LogP contribution is -2.17. The van der Waals surface area contributed by atoms with Gasteiger partial charge in [0, 0.05) is 13.2 Å². The average molecular weight is 176 g/mol. The van der Waals surface area contributed by atoms with Gasteiger partial charge in [0.05, 0.1) is 10.9 Å². The number of hydrogen-bond acceptors (Lipinski definition) is 3. The van der Waals surface area contributed by atoms with Crippen LogP contribution in [0, 0.1) is 0 Å². The highest BCUT2D eigenvalue weighted by Crippen LogP contribution is 2.17. The molecule has 0 aromatic carbocycles. The van der Waals surface area contributed by atoms with Crippen LogP contribution in [-0.2, 0) is 0 Å². The van der Waals surface area contributed by atoms with Crippen LogP contribution in [0.1, 0.15) is 10.4 Å². The predicted molar refractivity (Wildman–Crippen MR) is 47.4 cm³/mol. The summed E-state index contributed by atoms with van der Waals surface area (Å²) >= 11 is 0. The van der Waals surface area contributed by atoms with Crippen molar-refractivity contribution < 1.29 is 9.21 Å². The monoisotopic (exact) mass is 176 g/mol. The van der Waals surface area contributed by atoms with E-state index in [-0.39, 0.29) is 5.91 Å². The lowest BCUT2D eigenvalue weighted by Gasteiger charge is -1.93. The Balaban J connectivity index is 2.64. The van der Waals surface area contributed by atoms with Crippen LogP contribution in [0.25, 0.3) is 11.1 Å². The molecule has 66 valence electrons. The van der Waals surface area contributed by atoms with Crippen molar-refractivity contribution in [3.63, 3.8) is 0 Å². The van der Waals surface area contributed by atoms with Crippen LogP contribution >= 0.6 is 0 Å². The highest BCUT2D eigenvalue weighted by molar-refractivity contribution is 6.04. The summed E-state index contributed by atoms with van der Waals surface area (Å²) in [6.45, 7) is 0. The molecule has 2 aromatic rings. The maximum absolute atomic E-state index is 11.3. The minimum Gasteiger partial charge on any atom is -0.445 e. The number of pyridine rings is 1. The van der Waals surface area contributed by atoms with E-state index in [0.717, 1.165) is 5.39 Å². The van der Waals surface area contributed by atoms with Crippen molar-refractivity contribution in [3.05, 3.63) is 30.2 Å². The Hall–Kier alpha value is -1.84. The number of rotatable bonds is 1. The van der Waals surface area contributed by atoms with Gasteiger partial charge in [-0.15, -0.1) is 0 Å². The number of furan rings is 1. The maximum atomic E-state index is 11.3. The lowest BCUT2D eigenvalue weighted by atomic mass is 10.2. The fraction of sp³-hybridized carbons (Fsp3) is 0.111. The quantitative estimate of drug-likeness (QED) is 0.710. The van der Waals surface area contributed by atoms with Gasteiger partial charge < -0.3 is 9.73 Å². The fourth-order valence-corrected chi connectivity index (χ4v) is 1.18. The van der Waals surface area contributed by atoms with E-state index in [1.807, 2.05) is 0 Å². The molecule has 2 rings (SSSR count). The molecule has 4 nitrogen and oxygen atoms in total. The molecule has 0 atom stereocenters. The normalized spacial score (nSPS) is 10.2. The van der Waals surface area contributed by atoms with Gasteiger partial charge in [-0.1, -0.05) is 0 Å². The van der Waals surface area contributed by atoms with E-state index < -0.39 is 0 Å². The highest BCUT2D eigenvalue weighted by Gasteiger charge is 2.11. The van der Waals surface area contributed by atoms with Gasteiger partial charge in [-0.25, -0.2) is 4.98 Å². The minimum absolute atomic E-state index is 0.160. The minimum atomic E-state index is -0.160. The molecule has 0 aliphatic rings. The van der Waals surface area contributed by atoms with Gasteiger partial charge >= 0.3 is 0 Å². The summed E-state index contributed by atoms with van der Waals surface area (Å²) in [5.41, 5.74) is 1.01. The van der Waals surface area contributed by atoms with Crippen molar-refractivity contribution in [2.24, 2.45) is 0 Å². The van der Waals surface area contributed by atoms with E-state index >= 15 is 0 Å². The molecule has 0 saturated carbocycles. The predicted octanol–water partition coefficient (Wildman–Crippen LogP) is 1.19. The number of amides is 1. The van der Waals surface area contributed by atoms with Crippen LogP contribution in [0.4, 0.5) is 0 Å². The van der Waals surface area contributed by atoms with Crippen LogP contribution in [0.15, 0.2) is 29.0 Å². The van der Waals surface area contributed by atoms with Gasteiger partial charge in [0.2, 0.25) is 5.71 Å². The van der Waals surface area contributed by atoms with Crippen molar-refractivity contribution in [1.82, 2.24) is 10.3 Å². The first-order chi connectivity index (χ1) is 6.33. The van der Waals surface area contributed by atoms with Crippen LogP contribution in [0.2, 0.25) is 0 Å². The third-order valence-electron chi connectivity index (χ3n) is 1.82. The standard InChI is InChI=1S/C9H8N2O2/c1-10-8(12)7-5-13-9-6(7)3-2-4-11-9/h2-5H,1H3,(H,10,12). The van der Waals surface area contributed by atoms with Crippen molar-refractivity contribution in [3.8, 4) is 0 Å². The molecule has 0 bridgehead atoms. The second-order valence-electron chi connectivity index (χ2n) is 2.58. The molecule has 0 saturated heterocycles. The summed E-state index contributed by atoms with van der Waals surface area (Å²) in [5, 5.41) is 3.27. The molecule has 0 aliphatic heterocycles. The summed E-state index contributed by atoms with van der Waals surface area (Å²) in [4.78, 5) is 15.3. The molecule has 0 aliphatic carbocycles. The van der Waals surface area contributed by atoms with E-state index in [1.165, 1.54) is 6.26 Å². The van der Waals surface area contributed by atoms with Crippen LogP contribution in [0.3, 0.4) is 0 Å². The number of hydrogen-bond donors (Lipinski definition) is 1. The van der Waals surface area contributed by atoms with Crippen molar-refractivity contribution in [2.75, 3.05) is 7.05 Å². The van der Waals surface area contributed by atoms with Gasteiger partial charge in [0.25, 0.3) is 5.91 Å². The number of fused-ring (bicyclic) bond motifs is 1. The second kappa shape index (κ2) is 2.90. The zero-order valence-corrected chi connectivity index (χ0v) is 7.07. The topological polar surface area (TPSA) is 55.1 Å². The second-order valence-corrected chi connectivity index (χ2v) is 2.58. The first-order valence-electron chi connectivity index (χ1n) is 3.87. The Morgan fingerprint density at radius 3 is 3.23 bits per heavy atom. The Kier molecular flexibility index (Phi) is 1.73. The maximum Gasteiger partial charge on any atom is 0.254 e. The first-order valence-corrected chi connectivity index (χ1v) is 3.87. The lowest BCUT2D eigenvalue weighted by molar-refractivity contribution is 0.0964. The Bertz CT molecular complexity index is 448. The molecule has 1 amide bonds. The Morgan fingerprint density at radius 2 is 2.46 bits per heavy atom. The number of nitrogens with zero attached hydrogens (tertiary/aromatic N) is 1. The van der Waals surface area contributed by atoms with Gasteiger partial charge in [-0.2, -0.15) is 0 Å². The molecule has 4 heteroatoms. The average Bonchev–Trinajstić information content (AvgIpc) is 2.60. The van der Waals surface area contributed by atoms with Gasteiger partial charge in [-0.3, -0.25) is 4.79 Å². The zero-order chi connectivity index (χ0) is 9.26. The van der Waals surface area contributed by atoms with Crippen LogP contribution < -0.4 is 5.32 Å². The van der Waals surface area contributed by atoms with Gasteiger partial charge in [0.1, 0.15) is 6.26 Å². The molecule has 0 unspecified atom stereocenters. The van der Waals surface area contributed by atoms with Crippen LogP contribution in [0.5, 0.6) is 0 Å². The van der Waals surface area contributed by atoms with Crippen molar-refractivity contribution in [2.45, 2.75) is 0 Å². The van der Waals surface area contributed by atoms with Gasteiger partial charge in [0.15, 0.2) is 0 Å². The molecule has 2 aromatic heterocycles. The number of carbonyl (C=O) groups excluding carboxylic acids is 1. The molecular weight excluding hydrogens is 168 g/mol. The fourth-order valence-electron chi connectivity index (χ4n) is 1.18. The zero-order valence-electron chi connectivity index (χ0n) is 7.07. The number of carbonyl (C=O) groups is 1. The third kappa shape index (κ3) is 1.16. The SMILES string of the molecule is CNC(=O)c1coc2ncccc12. The van der Waals surface area contributed by atoms with E-state index in [0.29, 0.717) is 11.3 Å². The van der Waals surface area contributed by atoms with Crippen molar-refractivity contribution in [1.29, 1.82) is 0 Å². The molecule has 0 radical (unpaired) electrons.